The maximum absolute atomic E-state index is 15.5. The highest BCUT2D eigenvalue weighted by Gasteiger charge is 2.50. The number of carbonyl (C=O) groups is 1. The number of nitrogens with zero attached hydrogens (tertiary/aromatic N) is 2. The van der Waals surface area contributed by atoms with Crippen LogP contribution in [0.2, 0.25) is 0 Å². The van der Waals surface area contributed by atoms with E-state index in [4.69, 9.17) is 0 Å². The predicted molar refractivity (Wildman–Crippen MR) is 126 cm³/mol. The zero-order valence-corrected chi connectivity index (χ0v) is 20.2. The molecule has 0 saturated carbocycles. The Kier molecular flexibility index (Phi) is 5.98. The first-order valence-corrected chi connectivity index (χ1v) is 12.2. The number of amides is 1. The zero-order chi connectivity index (χ0) is 25.1. The van der Waals surface area contributed by atoms with Gasteiger partial charge in [0.1, 0.15) is 11.6 Å². The van der Waals surface area contributed by atoms with Crippen LogP contribution in [0.4, 0.5) is 18.0 Å². The first-order chi connectivity index (χ1) is 16.5. The lowest BCUT2D eigenvalue weighted by Gasteiger charge is -2.51. The van der Waals surface area contributed by atoms with Crippen LogP contribution in [0.25, 0.3) is 11.1 Å². The fourth-order valence-electron chi connectivity index (χ4n) is 6.54. The third kappa shape index (κ3) is 4.26. The number of fused-ring (bicyclic) bond motifs is 4. The monoisotopic (exact) mass is 488 g/mol. The summed E-state index contributed by atoms with van der Waals surface area (Å²) in [5.74, 6) is -0.0641. The molecule has 5 nitrogen and oxygen atoms in total. The van der Waals surface area contributed by atoms with Crippen LogP contribution in [-0.4, -0.2) is 53.3 Å². The summed E-state index contributed by atoms with van der Waals surface area (Å²) in [7, 11) is 0. The summed E-state index contributed by atoms with van der Waals surface area (Å²) in [5.41, 5.74) is 2.68. The van der Waals surface area contributed by atoms with Crippen molar-refractivity contribution in [1.82, 2.24) is 9.80 Å². The van der Waals surface area contributed by atoms with Gasteiger partial charge in [0.15, 0.2) is 0 Å². The van der Waals surface area contributed by atoms with Gasteiger partial charge in [0.2, 0.25) is 0 Å². The molecule has 2 atom stereocenters. The molecule has 3 aliphatic heterocycles. The van der Waals surface area contributed by atoms with Crippen molar-refractivity contribution in [2.45, 2.75) is 58.7 Å². The van der Waals surface area contributed by atoms with E-state index in [1.807, 2.05) is 13.8 Å². The minimum atomic E-state index is -2.93. The van der Waals surface area contributed by atoms with E-state index in [0.29, 0.717) is 29.0 Å². The number of hydrogen-bond donors (Lipinski definition) is 1. The summed E-state index contributed by atoms with van der Waals surface area (Å²) in [6.45, 7) is 5.57. The van der Waals surface area contributed by atoms with Crippen LogP contribution >= 0.6 is 0 Å². The third-order valence-corrected chi connectivity index (χ3v) is 8.09. The number of rotatable bonds is 5. The van der Waals surface area contributed by atoms with Crippen molar-refractivity contribution < 1.29 is 27.8 Å². The average Bonchev–Trinajstić information content (AvgIpc) is 3.04. The number of piperidine rings is 3. The van der Waals surface area contributed by atoms with Crippen molar-refractivity contribution in [3.8, 4) is 16.9 Å². The highest BCUT2D eigenvalue weighted by Crippen LogP contribution is 2.52. The Morgan fingerprint density at radius 2 is 1.91 bits per heavy atom. The topological polar surface area (TPSA) is 53.0 Å². The van der Waals surface area contributed by atoms with E-state index in [2.05, 4.69) is 9.64 Å². The number of hydrogen-bond acceptors (Lipinski definition) is 3. The lowest BCUT2D eigenvalue weighted by Crippen LogP contribution is -2.60. The summed E-state index contributed by atoms with van der Waals surface area (Å²) in [6, 6.07) is 7.38. The Bertz CT molecular complexity index is 1140. The number of carboxylic acid groups (broad SMARTS) is 1. The Morgan fingerprint density at radius 3 is 2.49 bits per heavy atom. The Balaban J connectivity index is 1.52. The van der Waals surface area contributed by atoms with Gasteiger partial charge in [-0.15, -0.1) is 0 Å². The minimum Gasteiger partial charge on any atom is -0.465 e. The molecule has 8 heteroatoms. The quantitative estimate of drug-likeness (QED) is 0.553. The van der Waals surface area contributed by atoms with Gasteiger partial charge in [-0.2, -0.15) is 8.78 Å². The average molecular weight is 489 g/mol. The van der Waals surface area contributed by atoms with Gasteiger partial charge < -0.3 is 14.7 Å². The molecule has 0 unspecified atom stereocenters. The van der Waals surface area contributed by atoms with Gasteiger partial charge in [-0.1, -0.05) is 19.9 Å². The molecule has 3 saturated heterocycles. The van der Waals surface area contributed by atoms with Crippen molar-refractivity contribution in [3.63, 3.8) is 0 Å². The minimum absolute atomic E-state index is 0.0566. The first kappa shape index (κ1) is 24.0. The van der Waals surface area contributed by atoms with Crippen molar-refractivity contribution in [1.29, 1.82) is 0 Å². The van der Waals surface area contributed by atoms with Crippen LogP contribution in [0.1, 0.15) is 49.4 Å². The highest BCUT2D eigenvalue weighted by molar-refractivity contribution is 5.70. The van der Waals surface area contributed by atoms with E-state index in [-0.39, 0.29) is 11.8 Å². The second kappa shape index (κ2) is 8.73. The molecule has 0 aromatic heterocycles. The van der Waals surface area contributed by atoms with Crippen LogP contribution in [0.5, 0.6) is 5.75 Å². The van der Waals surface area contributed by atoms with E-state index < -0.39 is 30.0 Å². The van der Waals surface area contributed by atoms with Crippen molar-refractivity contribution in [2.75, 3.05) is 19.6 Å². The second-order valence-electron chi connectivity index (χ2n) is 10.9. The van der Waals surface area contributed by atoms with E-state index >= 15 is 4.39 Å². The van der Waals surface area contributed by atoms with E-state index in [0.717, 1.165) is 43.6 Å². The molecule has 1 N–H and O–H groups in total. The molecule has 2 aromatic carbocycles. The molecule has 188 valence electrons. The Hall–Kier alpha value is -2.74. The molecule has 35 heavy (non-hydrogen) atoms. The normalized spacial score (nSPS) is 26.6. The summed E-state index contributed by atoms with van der Waals surface area (Å²) < 4.78 is 45.3. The molecule has 6 rings (SSSR count). The smallest absolute Gasteiger partial charge is 0.408 e. The third-order valence-electron chi connectivity index (χ3n) is 8.09. The molecule has 4 aliphatic rings. The molecule has 0 radical (unpaired) electrons. The van der Waals surface area contributed by atoms with Gasteiger partial charge in [-0.05, 0) is 97.1 Å². The van der Waals surface area contributed by atoms with E-state index in [1.54, 1.807) is 30.0 Å². The molecular formula is C27H31F3N2O3. The van der Waals surface area contributed by atoms with Crippen molar-refractivity contribution in [2.24, 2.45) is 11.3 Å². The fourth-order valence-corrected chi connectivity index (χ4v) is 6.54. The summed E-state index contributed by atoms with van der Waals surface area (Å²) >= 11 is 0. The largest absolute Gasteiger partial charge is 0.465 e. The standard InChI is InChI=1S/C27H31F3N2O3/c1-15-10-17(4-5-23(15)35-25(29)30)19-11-18-13-27(2,3)24(20(18)12-21(19)28)32(26(33)34)22-14-31-8-6-16(22)7-9-31/h4-5,10-12,16,22,24-25H,6-9,13-14H2,1-3H3,(H,33,34)/t22-,24+/m1/s1. The van der Waals surface area contributed by atoms with Gasteiger partial charge in [0.05, 0.1) is 12.1 Å². The number of halogens is 3. The molecule has 3 heterocycles. The molecule has 0 spiro atoms. The molecule has 3 fully saturated rings. The number of ether oxygens (including phenoxy) is 1. The summed E-state index contributed by atoms with van der Waals surface area (Å²) in [4.78, 5) is 16.6. The maximum atomic E-state index is 15.5. The van der Waals surface area contributed by atoms with E-state index in [1.165, 1.54) is 12.1 Å². The zero-order valence-electron chi connectivity index (χ0n) is 20.2. The second-order valence-corrected chi connectivity index (χ2v) is 10.9. The van der Waals surface area contributed by atoms with Crippen LogP contribution in [0.15, 0.2) is 30.3 Å². The van der Waals surface area contributed by atoms with Crippen molar-refractivity contribution in [3.05, 3.63) is 52.8 Å². The molecule has 2 aromatic rings. The highest BCUT2D eigenvalue weighted by atomic mass is 19.3. The molecule has 1 amide bonds. The van der Waals surface area contributed by atoms with Crippen LogP contribution in [0.3, 0.4) is 0 Å². The lowest BCUT2D eigenvalue weighted by molar-refractivity contribution is -0.0502. The van der Waals surface area contributed by atoms with Gasteiger partial charge in [0.25, 0.3) is 0 Å². The van der Waals surface area contributed by atoms with Crippen LogP contribution in [0, 0.1) is 24.1 Å². The number of alkyl halides is 2. The number of benzene rings is 2. The van der Waals surface area contributed by atoms with Crippen LogP contribution < -0.4 is 4.74 Å². The fraction of sp³-hybridized carbons (Fsp3) is 0.519. The summed E-state index contributed by atoms with van der Waals surface area (Å²) in [6.07, 6.45) is 1.65. The van der Waals surface area contributed by atoms with Crippen molar-refractivity contribution >= 4 is 6.09 Å². The molecule has 1 aliphatic carbocycles. The Morgan fingerprint density at radius 1 is 1.20 bits per heavy atom. The van der Waals surface area contributed by atoms with Crippen LogP contribution in [-0.2, 0) is 6.42 Å². The number of aryl methyl sites for hydroxylation is 1. The molecular weight excluding hydrogens is 457 g/mol. The van der Waals surface area contributed by atoms with E-state index in [9.17, 15) is 18.7 Å². The van der Waals surface area contributed by atoms with Gasteiger partial charge in [-0.3, -0.25) is 4.90 Å². The first-order valence-electron chi connectivity index (χ1n) is 12.2. The molecule has 2 bridgehead atoms. The maximum Gasteiger partial charge on any atom is 0.408 e. The lowest BCUT2D eigenvalue weighted by atomic mass is 9.79. The SMILES string of the molecule is Cc1cc(-c2cc3c(cc2F)[C@H](N(C(=O)O)[C@@H]2CN4CCC2CC4)C(C)(C)C3)ccc1OC(F)F. The van der Waals surface area contributed by atoms with Gasteiger partial charge >= 0.3 is 12.7 Å². The van der Waals surface area contributed by atoms with Gasteiger partial charge in [-0.25, -0.2) is 9.18 Å². The summed E-state index contributed by atoms with van der Waals surface area (Å²) in [5, 5.41) is 10.3. The Labute approximate surface area is 203 Å². The predicted octanol–water partition coefficient (Wildman–Crippen LogP) is 6.10. The van der Waals surface area contributed by atoms with Gasteiger partial charge in [0, 0.05) is 12.1 Å².